The van der Waals surface area contributed by atoms with Crippen LogP contribution in [0.2, 0.25) is 0 Å². The number of hydrogen-bond acceptors (Lipinski definition) is 3. The van der Waals surface area contributed by atoms with Crippen LogP contribution in [0.15, 0.2) is 84.9 Å². The summed E-state index contributed by atoms with van der Waals surface area (Å²) in [7, 11) is 0. The minimum absolute atomic E-state index is 0.731. The van der Waals surface area contributed by atoms with Crippen molar-refractivity contribution in [3.05, 3.63) is 84.9 Å². The van der Waals surface area contributed by atoms with Crippen molar-refractivity contribution in [1.82, 2.24) is 15.0 Å². The quantitative estimate of drug-likeness (QED) is 0.486. The summed E-state index contributed by atoms with van der Waals surface area (Å²) in [6.45, 7) is 2.77. The van der Waals surface area contributed by atoms with E-state index in [2.05, 4.69) is 22.3 Å². The highest BCUT2D eigenvalue weighted by molar-refractivity contribution is 5.77. The van der Waals surface area contributed by atoms with E-state index in [9.17, 15) is 0 Å². The molecule has 0 spiro atoms. The molecule has 0 atom stereocenters. The first-order valence-corrected chi connectivity index (χ1v) is 8.67. The molecule has 0 unspecified atom stereocenters. The number of ether oxygens (including phenoxy) is 1. The van der Waals surface area contributed by atoms with Gasteiger partial charge in [-0.3, -0.25) is 0 Å². The van der Waals surface area contributed by atoms with Crippen molar-refractivity contribution in [2.75, 3.05) is 0 Å². The molecule has 4 rings (SSSR count). The van der Waals surface area contributed by atoms with Crippen molar-refractivity contribution in [2.24, 2.45) is 0 Å². The van der Waals surface area contributed by atoms with Crippen LogP contribution in [0.4, 0.5) is 0 Å². The Bertz CT molecular complexity index is 977. The third-order valence-corrected chi connectivity index (χ3v) is 4.09. The number of aromatic nitrogens is 3. The summed E-state index contributed by atoms with van der Waals surface area (Å²) in [6.07, 6.45) is 0. The molecular formula is C22H19N3O. The second-order valence-corrected chi connectivity index (χ2v) is 5.89. The maximum atomic E-state index is 5.87. The number of nitrogens with zero attached hydrogens (tertiary/aromatic N) is 3. The fraction of sp³-hybridized carbons (Fsp3) is 0.0909. The van der Waals surface area contributed by atoms with Gasteiger partial charge in [-0.05, 0) is 43.3 Å². The Labute approximate surface area is 152 Å². The molecule has 1 heterocycles. The summed E-state index contributed by atoms with van der Waals surface area (Å²) >= 11 is 0. The van der Waals surface area contributed by atoms with Crippen molar-refractivity contribution in [2.45, 2.75) is 13.5 Å². The lowest BCUT2D eigenvalue weighted by molar-refractivity contribution is 0.483. The molecule has 0 fully saturated rings. The second-order valence-electron chi connectivity index (χ2n) is 5.89. The van der Waals surface area contributed by atoms with Crippen LogP contribution in [-0.4, -0.2) is 15.0 Å². The van der Waals surface area contributed by atoms with Gasteiger partial charge in [-0.15, -0.1) is 0 Å². The summed E-state index contributed by atoms with van der Waals surface area (Å²) in [5, 5.41) is 9.29. The van der Waals surface area contributed by atoms with Gasteiger partial charge in [0, 0.05) is 11.1 Å². The molecule has 0 radical (unpaired) electrons. The normalized spacial score (nSPS) is 10.7. The summed E-state index contributed by atoms with van der Waals surface area (Å²) < 4.78 is 5.87. The van der Waals surface area contributed by atoms with E-state index in [1.54, 1.807) is 4.80 Å². The van der Waals surface area contributed by atoms with E-state index in [0.29, 0.717) is 0 Å². The summed E-state index contributed by atoms with van der Waals surface area (Å²) in [6, 6.07) is 27.9. The van der Waals surface area contributed by atoms with Gasteiger partial charge in [0.25, 0.3) is 0 Å². The van der Waals surface area contributed by atoms with Gasteiger partial charge < -0.3 is 4.74 Å². The largest absolute Gasteiger partial charge is 0.457 e. The molecule has 0 bridgehead atoms. The van der Waals surface area contributed by atoms with Crippen molar-refractivity contribution in [3.8, 4) is 34.0 Å². The fourth-order valence-corrected chi connectivity index (χ4v) is 2.78. The molecule has 0 aliphatic carbocycles. The first-order valence-electron chi connectivity index (χ1n) is 8.67. The van der Waals surface area contributed by atoms with Crippen LogP contribution in [0.1, 0.15) is 6.92 Å². The number of benzene rings is 3. The zero-order valence-corrected chi connectivity index (χ0v) is 14.5. The van der Waals surface area contributed by atoms with Crippen LogP contribution >= 0.6 is 0 Å². The molecule has 4 aromatic rings. The highest BCUT2D eigenvalue weighted by atomic mass is 16.5. The van der Waals surface area contributed by atoms with Gasteiger partial charge in [-0.25, -0.2) is 0 Å². The standard InChI is InChI=1S/C22H19N3O/c1-2-25-23-21(17-9-5-3-6-10-17)22(24-25)18-13-15-20(16-14-18)26-19-11-7-4-8-12-19/h3-16H,2H2,1H3. The van der Waals surface area contributed by atoms with Gasteiger partial charge in [-0.2, -0.15) is 15.0 Å². The third-order valence-electron chi connectivity index (χ3n) is 4.09. The maximum Gasteiger partial charge on any atom is 0.127 e. The van der Waals surface area contributed by atoms with E-state index in [4.69, 9.17) is 4.74 Å². The molecule has 26 heavy (non-hydrogen) atoms. The lowest BCUT2D eigenvalue weighted by Crippen LogP contribution is -1.98. The molecule has 3 aromatic carbocycles. The zero-order valence-electron chi connectivity index (χ0n) is 14.5. The van der Waals surface area contributed by atoms with E-state index < -0.39 is 0 Å². The maximum absolute atomic E-state index is 5.87. The minimum Gasteiger partial charge on any atom is -0.457 e. The van der Waals surface area contributed by atoms with Crippen molar-refractivity contribution >= 4 is 0 Å². The van der Waals surface area contributed by atoms with E-state index in [1.165, 1.54) is 0 Å². The molecule has 0 amide bonds. The average Bonchev–Trinajstić information content (AvgIpc) is 3.15. The van der Waals surface area contributed by atoms with Gasteiger partial charge in [0.1, 0.15) is 22.9 Å². The molecule has 4 nitrogen and oxygen atoms in total. The molecule has 4 heteroatoms. The van der Waals surface area contributed by atoms with Crippen LogP contribution in [0.5, 0.6) is 11.5 Å². The third kappa shape index (κ3) is 3.35. The summed E-state index contributed by atoms with van der Waals surface area (Å²) in [5.74, 6) is 1.62. The topological polar surface area (TPSA) is 39.9 Å². The van der Waals surface area contributed by atoms with Gasteiger partial charge in [0.2, 0.25) is 0 Å². The van der Waals surface area contributed by atoms with Crippen LogP contribution in [0.25, 0.3) is 22.5 Å². The predicted molar refractivity (Wildman–Crippen MR) is 103 cm³/mol. The molecule has 1 aromatic heterocycles. The second kappa shape index (κ2) is 7.23. The first kappa shape index (κ1) is 16.1. The Morgan fingerprint density at radius 3 is 1.73 bits per heavy atom. The van der Waals surface area contributed by atoms with Crippen LogP contribution in [0.3, 0.4) is 0 Å². The van der Waals surface area contributed by atoms with E-state index >= 15 is 0 Å². The van der Waals surface area contributed by atoms with Crippen LogP contribution in [0, 0.1) is 0 Å². The molecule has 0 N–H and O–H groups in total. The molecule has 0 aliphatic rings. The number of aryl methyl sites for hydroxylation is 1. The monoisotopic (exact) mass is 341 g/mol. The molecular weight excluding hydrogens is 322 g/mol. The lowest BCUT2D eigenvalue weighted by atomic mass is 10.1. The zero-order chi connectivity index (χ0) is 17.8. The van der Waals surface area contributed by atoms with Crippen molar-refractivity contribution < 1.29 is 4.74 Å². The predicted octanol–water partition coefficient (Wildman–Crippen LogP) is 5.42. The number of para-hydroxylation sites is 1. The highest BCUT2D eigenvalue weighted by Crippen LogP contribution is 2.31. The Hall–Kier alpha value is -3.40. The lowest BCUT2D eigenvalue weighted by Gasteiger charge is -2.06. The molecule has 0 saturated heterocycles. The van der Waals surface area contributed by atoms with E-state index in [1.807, 2.05) is 79.7 Å². The Morgan fingerprint density at radius 2 is 1.15 bits per heavy atom. The molecule has 0 saturated carbocycles. The van der Waals surface area contributed by atoms with Crippen LogP contribution in [-0.2, 0) is 6.54 Å². The summed E-state index contributed by atoms with van der Waals surface area (Å²) in [5.41, 5.74) is 3.85. The van der Waals surface area contributed by atoms with Crippen LogP contribution < -0.4 is 4.74 Å². The fourth-order valence-electron chi connectivity index (χ4n) is 2.78. The number of hydrogen-bond donors (Lipinski definition) is 0. The molecule has 0 aliphatic heterocycles. The van der Waals surface area contributed by atoms with E-state index in [0.717, 1.165) is 40.6 Å². The average molecular weight is 341 g/mol. The minimum atomic E-state index is 0.731. The van der Waals surface area contributed by atoms with Gasteiger partial charge in [0.15, 0.2) is 0 Å². The van der Waals surface area contributed by atoms with Gasteiger partial charge in [0.05, 0.1) is 6.54 Å². The van der Waals surface area contributed by atoms with Crippen molar-refractivity contribution in [3.63, 3.8) is 0 Å². The Balaban J connectivity index is 1.66. The smallest absolute Gasteiger partial charge is 0.127 e. The Morgan fingerprint density at radius 1 is 0.654 bits per heavy atom. The van der Waals surface area contributed by atoms with Gasteiger partial charge >= 0.3 is 0 Å². The highest BCUT2D eigenvalue weighted by Gasteiger charge is 2.14. The summed E-state index contributed by atoms with van der Waals surface area (Å²) in [4.78, 5) is 1.73. The SMILES string of the molecule is CCn1nc(-c2ccccc2)c(-c2ccc(Oc3ccccc3)cc2)n1. The van der Waals surface area contributed by atoms with Gasteiger partial charge in [-0.1, -0.05) is 48.5 Å². The first-order chi connectivity index (χ1) is 12.8. The number of rotatable bonds is 5. The Kier molecular flexibility index (Phi) is 4.48. The van der Waals surface area contributed by atoms with Crippen molar-refractivity contribution in [1.29, 1.82) is 0 Å². The van der Waals surface area contributed by atoms with E-state index in [-0.39, 0.29) is 0 Å². The molecule has 128 valence electrons.